The molecule has 0 amide bonds. The van der Waals surface area contributed by atoms with E-state index in [1.165, 1.54) is 6.42 Å². The van der Waals surface area contributed by atoms with Gasteiger partial charge in [0.05, 0.1) is 0 Å². The predicted octanol–water partition coefficient (Wildman–Crippen LogP) is 1.42. The molecule has 0 bridgehead atoms. The molecule has 3 heteroatoms. The summed E-state index contributed by atoms with van der Waals surface area (Å²) in [5, 5.41) is 3.20. The number of hydrogen-bond donors (Lipinski definition) is 1. The zero-order chi connectivity index (χ0) is 9.68. The standard InChI is InChI=1S/C10H21FN2/c1-3-5-13(2)6-4-10-7-9(11)8-12-10/h9-10,12H,3-8H2,1-2H3. The fraction of sp³-hybridized carbons (Fsp3) is 1.00. The SMILES string of the molecule is CCCN(C)CCC1CC(F)CN1. The molecule has 0 aliphatic carbocycles. The van der Waals surface area contributed by atoms with Gasteiger partial charge < -0.3 is 10.2 Å². The molecule has 78 valence electrons. The highest BCUT2D eigenvalue weighted by Gasteiger charge is 2.22. The second kappa shape index (κ2) is 5.55. The van der Waals surface area contributed by atoms with E-state index in [4.69, 9.17) is 0 Å². The minimum atomic E-state index is -0.610. The van der Waals surface area contributed by atoms with Gasteiger partial charge in [-0.05, 0) is 39.4 Å². The van der Waals surface area contributed by atoms with Crippen molar-refractivity contribution in [3.05, 3.63) is 0 Å². The van der Waals surface area contributed by atoms with Crippen LogP contribution in [0.4, 0.5) is 4.39 Å². The predicted molar refractivity (Wildman–Crippen MR) is 53.7 cm³/mol. The first-order valence-corrected chi connectivity index (χ1v) is 5.28. The monoisotopic (exact) mass is 188 g/mol. The fourth-order valence-electron chi connectivity index (χ4n) is 1.86. The fourth-order valence-corrected chi connectivity index (χ4v) is 1.86. The van der Waals surface area contributed by atoms with Crippen molar-refractivity contribution in [2.24, 2.45) is 0 Å². The van der Waals surface area contributed by atoms with E-state index in [1.54, 1.807) is 0 Å². The van der Waals surface area contributed by atoms with Gasteiger partial charge >= 0.3 is 0 Å². The molecule has 1 aliphatic rings. The van der Waals surface area contributed by atoms with Crippen LogP contribution in [0, 0.1) is 0 Å². The molecule has 1 heterocycles. The van der Waals surface area contributed by atoms with E-state index >= 15 is 0 Å². The Hall–Kier alpha value is -0.150. The molecule has 0 radical (unpaired) electrons. The van der Waals surface area contributed by atoms with E-state index in [0.29, 0.717) is 19.0 Å². The highest BCUT2D eigenvalue weighted by Crippen LogP contribution is 2.12. The summed E-state index contributed by atoms with van der Waals surface area (Å²) in [5.41, 5.74) is 0. The van der Waals surface area contributed by atoms with Crippen molar-refractivity contribution in [3.8, 4) is 0 Å². The Kier molecular flexibility index (Phi) is 4.67. The van der Waals surface area contributed by atoms with Crippen molar-refractivity contribution >= 4 is 0 Å². The van der Waals surface area contributed by atoms with Gasteiger partial charge in [-0.1, -0.05) is 6.92 Å². The summed E-state index contributed by atoms with van der Waals surface area (Å²) in [7, 11) is 2.13. The number of nitrogens with one attached hydrogen (secondary N) is 1. The maximum atomic E-state index is 12.8. The first kappa shape index (κ1) is 10.9. The molecule has 2 unspecified atom stereocenters. The Bertz CT molecular complexity index is 141. The summed E-state index contributed by atoms with van der Waals surface area (Å²) in [6, 6.07) is 0.411. The minimum Gasteiger partial charge on any atom is -0.311 e. The smallest absolute Gasteiger partial charge is 0.114 e. The number of nitrogens with zero attached hydrogens (tertiary/aromatic N) is 1. The summed E-state index contributed by atoms with van der Waals surface area (Å²) >= 11 is 0. The van der Waals surface area contributed by atoms with E-state index in [-0.39, 0.29) is 0 Å². The Balaban J connectivity index is 2.05. The Morgan fingerprint density at radius 2 is 2.23 bits per heavy atom. The first-order valence-electron chi connectivity index (χ1n) is 5.28. The zero-order valence-electron chi connectivity index (χ0n) is 8.72. The summed E-state index contributed by atoms with van der Waals surface area (Å²) in [6.45, 7) is 4.97. The quantitative estimate of drug-likeness (QED) is 0.702. The number of rotatable bonds is 5. The molecule has 0 aromatic rings. The van der Waals surface area contributed by atoms with Gasteiger partial charge in [0.25, 0.3) is 0 Å². The van der Waals surface area contributed by atoms with Crippen molar-refractivity contribution in [2.45, 2.75) is 38.4 Å². The molecule has 1 N–H and O–H groups in total. The minimum absolute atomic E-state index is 0.411. The van der Waals surface area contributed by atoms with Crippen LogP contribution in [0.2, 0.25) is 0 Å². The van der Waals surface area contributed by atoms with Gasteiger partial charge in [0.1, 0.15) is 6.17 Å². The van der Waals surface area contributed by atoms with Crippen LogP contribution in [0.3, 0.4) is 0 Å². The number of alkyl halides is 1. The lowest BCUT2D eigenvalue weighted by Crippen LogP contribution is -2.28. The van der Waals surface area contributed by atoms with E-state index in [1.807, 2.05) is 0 Å². The molecule has 1 aliphatic heterocycles. The molecule has 1 saturated heterocycles. The largest absolute Gasteiger partial charge is 0.311 e. The van der Waals surface area contributed by atoms with Gasteiger partial charge in [-0.15, -0.1) is 0 Å². The van der Waals surface area contributed by atoms with Crippen LogP contribution in [-0.2, 0) is 0 Å². The van der Waals surface area contributed by atoms with E-state index in [9.17, 15) is 4.39 Å². The number of halogens is 1. The van der Waals surface area contributed by atoms with Crippen LogP contribution in [0.15, 0.2) is 0 Å². The molecule has 1 rings (SSSR count). The van der Waals surface area contributed by atoms with Crippen LogP contribution in [0.1, 0.15) is 26.2 Å². The second-order valence-electron chi connectivity index (χ2n) is 4.03. The molecule has 13 heavy (non-hydrogen) atoms. The molecule has 0 spiro atoms. The van der Waals surface area contributed by atoms with Crippen LogP contribution < -0.4 is 5.32 Å². The molecule has 0 saturated carbocycles. The lowest BCUT2D eigenvalue weighted by Gasteiger charge is -2.17. The van der Waals surface area contributed by atoms with E-state index in [0.717, 1.165) is 19.5 Å². The van der Waals surface area contributed by atoms with E-state index in [2.05, 4.69) is 24.2 Å². The molecule has 0 aromatic carbocycles. The maximum absolute atomic E-state index is 12.8. The van der Waals surface area contributed by atoms with Gasteiger partial charge in [-0.2, -0.15) is 0 Å². The lowest BCUT2D eigenvalue weighted by atomic mass is 10.1. The molecular formula is C10H21FN2. The van der Waals surface area contributed by atoms with Crippen LogP contribution in [-0.4, -0.2) is 43.8 Å². The second-order valence-corrected chi connectivity index (χ2v) is 4.03. The van der Waals surface area contributed by atoms with Crippen LogP contribution in [0.5, 0.6) is 0 Å². The summed E-state index contributed by atoms with van der Waals surface area (Å²) in [5.74, 6) is 0. The van der Waals surface area contributed by atoms with Gasteiger partial charge in [0.2, 0.25) is 0 Å². The van der Waals surface area contributed by atoms with Crippen molar-refractivity contribution in [1.29, 1.82) is 0 Å². The normalized spacial score (nSPS) is 28.6. The van der Waals surface area contributed by atoms with E-state index < -0.39 is 6.17 Å². The average molecular weight is 188 g/mol. The Labute approximate surface area is 80.5 Å². The molecule has 2 nitrogen and oxygen atoms in total. The first-order chi connectivity index (χ1) is 6.22. The third-order valence-electron chi connectivity index (χ3n) is 2.63. The summed E-state index contributed by atoms with van der Waals surface area (Å²) in [4.78, 5) is 2.31. The summed E-state index contributed by atoms with van der Waals surface area (Å²) in [6.07, 6.45) is 2.37. The van der Waals surface area contributed by atoms with Crippen molar-refractivity contribution < 1.29 is 4.39 Å². The van der Waals surface area contributed by atoms with Crippen molar-refractivity contribution in [1.82, 2.24) is 10.2 Å². The van der Waals surface area contributed by atoms with Gasteiger partial charge in [0.15, 0.2) is 0 Å². The third kappa shape index (κ3) is 4.05. The molecule has 0 aromatic heterocycles. The molecule has 2 atom stereocenters. The Morgan fingerprint density at radius 1 is 1.46 bits per heavy atom. The Morgan fingerprint density at radius 3 is 2.77 bits per heavy atom. The van der Waals surface area contributed by atoms with Crippen LogP contribution >= 0.6 is 0 Å². The summed E-state index contributed by atoms with van der Waals surface area (Å²) < 4.78 is 12.8. The van der Waals surface area contributed by atoms with Gasteiger partial charge in [-0.3, -0.25) is 0 Å². The zero-order valence-corrected chi connectivity index (χ0v) is 8.72. The van der Waals surface area contributed by atoms with Crippen LogP contribution in [0.25, 0.3) is 0 Å². The highest BCUT2D eigenvalue weighted by molar-refractivity contribution is 4.81. The maximum Gasteiger partial charge on any atom is 0.114 e. The lowest BCUT2D eigenvalue weighted by molar-refractivity contribution is 0.306. The van der Waals surface area contributed by atoms with Crippen molar-refractivity contribution in [3.63, 3.8) is 0 Å². The molecule has 1 fully saturated rings. The van der Waals surface area contributed by atoms with Gasteiger partial charge in [0, 0.05) is 12.6 Å². The highest BCUT2D eigenvalue weighted by atomic mass is 19.1. The average Bonchev–Trinajstić information content (AvgIpc) is 2.49. The topological polar surface area (TPSA) is 15.3 Å². The number of hydrogen-bond acceptors (Lipinski definition) is 2. The van der Waals surface area contributed by atoms with Gasteiger partial charge in [-0.25, -0.2) is 4.39 Å². The van der Waals surface area contributed by atoms with Crippen molar-refractivity contribution in [2.75, 3.05) is 26.7 Å². The molecular weight excluding hydrogens is 167 g/mol. The third-order valence-corrected chi connectivity index (χ3v) is 2.63.